The highest BCUT2D eigenvalue weighted by atomic mass is 79.9. The molecule has 1 fully saturated rings. The van der Waals surface area contributed by atoms with Crippen LogP contribution in [0.3, 0.4) is 0 Å². The molecular weight excluding hydrogens is 286 g/mol. The zero-order chi connectivity index (χ0) is 12.3. The van der Waals surface area contributed by atoms with Gasteiger partial charge in [-0.15, -0.1) is 0 Å². The third-order valence-electron chi connectivity index (χ3n) is 2.96. The fraction of sp³-hybridized carbons (Fsp3) is 0.636. The fourth-order valence-corrected chi connectivity index (χ4v) is 2.54. The summed E-state index contributed by atoms with van der Waals surface area (Å²) in [6.07, 6.45) is 4.54. The van der Waals surface area contributed by atoms with Gasteiger partial charge in [-0.25, -0.2) is 9.97 Å². The average Bonchev–Trinajstić information content (AvgIpc) is 2.29. The van der Waals surface area contributed by atoms with Crippen LogP contribution in [0, 0.1) is 0 Å². The standard InChI is InChI=1S/C11H16BrN3O2/c1-15(10-9(12)6-13-8-14-10)7-11(16)2-4-17-5-3-11/h6,8,16H,2-5,7H2,1H3. The minimum atomic E-state index is -0.683. The van der Waals surface area contributed by atoms with E-state index in [2.05, 4.69) is 25.9 Å². The van der Waals surface area contributed by atoms with Gasteiger partial charge in [-0.2, -0.15) is 0 Å². The predicted molar refractivity (Wildman–Crippen MR) is 68.0 cm³/mol. The van der Waals surface area contributed by atoms with Crippen LogP contribution in [0.1, 0.15) is 12.8 Å². The summed E-state index contributed by atoms with van der Waals surface area (Å²) >= 11 is 3.41. The van der Waals surface area contributed by atoms with Crippen LogP contribution in [0.2, 0.25) is 0 Å². The molecule has 5 nitrogen and oxygen atoms in total. The quantitative estimate of drug-likeness (QED) is 0.909. The Kier molecular flexibility index (Phi) is 3.96. The highest BCUT2D eigenvalue weighted by Crippen LogP contribution is 2.26. The monoisotopic (exact) mass is 301 g/mol. The molecule has 0 unspecified atom stereocenters. The van der Waals surface area contributed by atoms with Gasteiger partial charge in [0.05, 0.1) is 10.1 Å². The topological polar surface area (TPSA) is 58.5 Å². The predicted octanol–water partition coefficient (Wildman–Crippen LogP) is 1.22. The molecule has 1 aliphatic rings. The number of halogens is 1. The fourth-order valence-electron chi connectivity index (χ4n) is 2.01. The summed E-state index contributed by atoms with van der Waals surface area (Å²) in [4.78, 5) is 10.1. The van der Waals surface area contributed by atoms with Crippen molar-refractivity contribution in [3.8, 4) is 0 Å². The molecule has 1 aliphatic heterocycles. The van der Waals surface area contributed by atoms with E-state index in [0.717, 1.165) is 10.3 Å². The van der Waals surface area contributed by atoms with Crippen LogP contribution in [-0.4, -0.2) is 47.5 Å². The van der Waals surface area contributed by atoms with Crippen molar-refractivity contribution in [1.82, 2.24) is 9.97 Å². The van der Waals surface area contributed by atoms with E-state index >= 15 is 0 Å². The van der Waals surface area contributed by atoms with Crippen molar-refractivity contribution in [3.05, 3.63) is 17.0 Å². The van der Waals surface area contributed by atoms with Gasteiger partial charge in [-0.1, -0.05) is 0 Å². The lowest BCUT2D eigenvalue weighted by Crippen LogP contribution is -2.46. The van der Waals surface area contributed by atoms with Crippen LogP contribution in [0.5, 0.6) is 0 Å². The Labute approximate surface area is 109 Å². The van der Waals surface area contributed by atoms with Gasteiger partial charge in [0.1, 0.15) is 12.1 Å². The van der Waals surface area contributed by atoms with E-state index in [1.165, 1.54) is 6.33 Å². The molecule has 1 aromatic rings. The average molecular weight is 302 g/mol. The first-order valence-electron chi connectivity index (χ1n) is 5.57. The van der Waals surface area contributed by atoms with Crippen molar-refractivity contribution in [2.45, 2.75) is 18.4 Å². The normalized spacial score (nSPS) is 19.0. The maximum absolute atomic E-state index is 10.4. The van der Waals surface area contributed by atoms with E-state index < -0.39 is 5.60 Å². The summed E-state index contributed by atoms with van der Waals surface area (Å²) in [6, 6.07) is 0. The smallest absolute Gasteiger partial charge is 0.146 e. The first-order chi connectivity index (χ1) is 8.11. The molecule has 0 bridgehead atoms. The molecule has 0 radical (unpaired) electrons. The Morgan fingerprint density at radius 3 is 2.88 bits per heavy atom. The van der Waals surface area contributed by atoms with E-state index in [1.54, 1.807) is 6.20 Å². The number of likely N-dealkylation sites (N-methyl/N-ethyl adjacent to an activating group) is 1. The summed E-state index contributed by atoms with van der Waals surface area (Å²) < 4.78 is 6.09. The second-order valence-corrected chi connectivity index (χ2v) is 5.24. The van der Waals surface area contributed by atoms with E-state index in [9.17, 15) is 5.11 Å². The van der Waals surface area contributed by atoms with Crippen molar-refractivity contribution in [1.29, 1.82) is 0 Å². The Bertz CT molecular complexity index is 383. The SMILES string of the molecule is CN(CC1(O)CCOCC1)c1ncncc1Br. The number of hydrogen-bond acceptors (Lipinski definition) is 5. The van der Waals surface area contributed by atoms with Crippen LogP contribution in [-0.2, 0) is 4.74 Å². The number of nitrogens with zero attached hydrogens (tertiary/aromatic N) is 3. The second-order valence-electron chi connectivity index (χ2n) is 4.39. The minimum Gasteiger partial charge on any atom is -0.388 e. The molecule has 2 rings (SSSR count). The molecule has 94 valence electrons. The van der Waals surface area contributed by atoms with Gasteiger partial charge >= 0.3 is 0 Å². The summed E-state index contributed by atoms with van der Waals surface area (Å²) in [5, 5.41) is 10.4. The van der Waals surface area contributed by atoms with Crippen molar-refractivity contribution in [2.75, 3.05) is 31.7 Å². The van der Waals surface area contributed by atoms with Gasteiger partial charge in [0, 0.05) is 45.8 Å². The van der Waals surface area contributed by atoms with Crippen molar-refractivity contribution >= 4 is 21.7 Å². The summed E-state index contributed by atoms with van der Waals surface area (Å²) in [5.41, 5.74) is -0.683. The Morgan fingerprint density at radius 1 is 1.53 bits per heavy atom. The molecule has 0 spiro atoms. The molecule has 1 aromatic heterocycles. The largest absolute Gasteiger partial charge is 0.388 e. The molecule has 0 atom stereocenters. The first-order valence-corrected chi connectivity index (χ1v) is 6.37. The number of ether oxygens (including phenoxy) is 1. The van der Waals surface area contributed by atoms with Crippen LogP contribution in [0.15, 0.2) is 17.0 Å². The number of hydrogen-bond donors (Lipinski definition) is 1. The summed E-state index contributed by atoms with van der Waals surface area (Å²) in [6.45, 7) is 1.79. The summed E-state index contributed by atoms with van der Waals surface area (Å²) in [5.74, 6) is 0.792. The first kappa shape index (κ1) is 12.7. The lowest BCUT2D eigenvalue weighted by atomic mass is 9.94. The molecular formula is C11H16BrN3O2. The van der Waals surface area contributed by atoms with Gasteiger partial charge in [0.15, 0.2) is 0 Å². The third-order valence-corrected chi connectivity index (χ3v) is 3.52. The van der Waals surface area contributed by atoms with Crippen molar-refractivity contribution in [2.24, 2.45) is 0 Å². The zero-order valence-electron chi connectivity index (χ0n) is 9.77. The van der Waals surface area contributed by atoms with Crippen LogP contribution in [0.25, 0.3) is 0 Å². The number of anilines is 1. The van der Waals surface area contributed by atoms with Gasteiger partial charge < -0.3 is 14.7 Å². The molecule has 0 aromatic carbocycles. The van der Waals surface area contributed by atoms with Gasteiger partial charge in [0.25, 0.3) is 0 Å². The minimum absolute atomic E-state index is 0.548. The molecule has 0 saturated carbocycles. The Hall–Kier alpha value is -0.720. The number of aliphatic hydroxyl groups is 1. The maximum Gasteiger partial charge on any atom is 0.146 e. The lowest BCUT2D eigenvalue weighted by molar-refractivity contribution is -0.0573. The molecule has 6 heteroatoms. The maximum atomic E-state index is 10.4. The van der Waals surface area contributed by atoms with E-state index in [0.29, 0.717) is 32.6 Å². The van der Waals surface area contributed by atoms with Gasteiger partial charge in [-0.05, 0) is 15.9 Å². The van der Waals surface area contributed by atoms with Crippen molar-refractivity contribution in [3.63, 3.8) is 0 Å². The zero-order valence-corrected chi connectivity index (χ0v) is 11.4. The van der Waals surface area contributed by atoms with Gasteiger partial charge in [-0.3, -0.25) is 0 Å². The molecule has 17 heavy (non-hydrogen) atoms. The van der Waals surface area contributed by atoms with E-state index in [4.69, 9.17) is 4.74 Å². The summed E-state index contributed by atoms with van der Waals surface area (Å²) in [7, 11) is 1.92. The van der Waals surface area contributed by atoms with Gasteiger partial charge in [0.2, 0.25) is 0 Å². The lowest BCUT2D eigenvalue weighted by Gasteiger charge is -2.35. The molecule has 1 N–H and O–H groups in total. The number of aromatic nitrogens is 2. The third kappa shape index (κ3) is 3.14. The Morgan fingerprint density at radius 2 is 2.24 bits per heavy atom. The highest BCUT2D eigenvalue weighted by molar-refractivity contribution is 9.10. The molecule has 0 amide bonds. The van der Waals surface area contributed by atoms with E-state index in [1.807, 2.05) is 11.9 Å². The molecule has 1 saturated heterocycles. The van der Waals surface area contributed by atoms with E-state index in [-0.39, 0.29) is 0 Å². The highest BCUT2D eigenvalue weighted by Gasteiger charge is 2.31. The molecule has 2 heterocycles. The molecule has 0 aliphatic carbocycles. The second kappa shape index (κ2) is 5.29. The van der Waals surface area contributed by atoms with Crippen LogP contribution >= 0.6 is 15.9 Å². The number of rotatable bonds is 3. The van der Waals surface area contributed by atoms with Crippen molar-refractivity contribution < 1.29 is 9.84 Å². The van der Waals surface area contributed by atoms with Crippen LogP contribution in [0.4, 0.5) is 5.82 Å². The Balaban J connectivity index is 2.06. The van der Waals surface area contributed by atoms with Crippen LogP contribution < -0.4 is 4.90 Å².